The van der Waals surface area contributed by atoms with Crippen LogP contribution in [0.5, 0.6) is 0 Å². The van der Waals surface area contributed by atoms with E-state index < -0.39 is 0 Å². The number of aromatic nitrogens is 1. The molecular formula is C26H36N4O. The van der Waals surface area contributed by atoms with Crippen molar-refractivity contribution in [3.8, 4) is 17.2 Å². The number of rotatable bonds is 4. The first kappa shape index (κ1) is 24.6. The van der Waals surface area contributed by atoms with Crippen LogP contribution in [-0.2, 0) is 6.42 Å². The molecule has 0 fully saturated rings. The van der Waals surface area contributed by atoms with Crippen molar-refractivity contribution in [3.05, 3.63) is 53.9 Å². The molecule has 2 aromatic carbocycles. The monoisotopic (exact) mass is 420 g/mol. The van der Waals surface area contributed by atoms with E-state index >= 15 is 0 Å². The number of oxazole rings is 1. The molecule has 0 saturated carbocycles. The Morgan fingerprint density at radius 1 is 1.00 bits per heavy atom. The Hall–Kier alpha value is -2.68. The molecule has 0 unspecified atom stereocenters. The van der Waals surface area contributed by atoms with Crippen molar-refractivity contribution in [2.24, 2.45) is 0 Å². The fraction of sp³-hybridized carbons (Fsp3) is 0.462. The van der Waals surface area contributed by atoms with Crippen LogP contribution in [0.3, 0.4) is 0 Å². The predicted octanol–water partition coefficient (Wildman–Crippen LogP) is 5.64. The molecule has 5 heteroatoms. The molecule has 0 atom stereocenters. The molecule has 0 radical (unpaired) electrons. The third-order valence-corrected chi connectivity index (χ3v) is 5.34. The minimum absolute atomic E-state index is 0.134. The molecule has 166 valence electrons. The molecule has 0 amide bonds. The van der Waals surface area contributed by atoms with Crippen LogP contribution in [0.2, 0.25) is 0 Å². The average Bonchev–Trinajstić information content (AvgIpc) is 3.13. The summed E-state index contributed by atoms with van der Waals surface area (Å²) in [5, 5.41) is 12.0. The van der Waals surface area contributed by atoms with E-state index in [1.54, 1.807) is 0 Å². The standard InChI is InChI=1S/C21H23N3O.C5H13N/c1-21(2,3)24(4)12-11-20-23-18-13-17(9-10-19(18)25-20)16-7-5-15(14-22)6-8-16;1-5(2,3)6-4/h5-10,13H,11-12H2,1-4H3;6H,1-4H3. The van der Waals surface area contributed by atoms with Gasteiger partial charge in [0.2, 0.25) is 0 Å². The van der Waals surface area contributed by atoms with Gasteiger partial charge in [-0.15, -0.1) is 0 Å². The summed E-state index contributed by atoms with van der Waals surface area (Å²) in [5.74, 6) is 0.767. The maximum atomic E-state index is 8.91. The van der Waals surface area contributed by atoms with E-state index in [4.69, 9.17) is 9.68 Å². The van der Waals surface area contributed by atoms with Crippen LogP contribution in [0.4, 0.5) is 0 Å². The highest BCUT2D eigenvalue weighted by molar-refractivity contribution is 5.80. The second-order valence-electron chi connectivity index (χ2n) is 9.82. The van der Waals surface area contributed by atoms with Gasteiger partial charge in [0, 0.05) is 24.0 Å². The Balaban J connectivity index is 0.000000501. The molecule has 0 aliphatic heterocycles. The van der Waals surface area contributed by atoms with Gasteiger partial charge in [-0.2, -0.15) is 5.26 Å². The van der Waals surface area contributed by atoms with Crippen molar-refractivity contribution in [3.63, 3.8) is 0 Å². The Kier molecular flexibility index (Phi) is 8.00. The van der Waals surface area contributed by atoms with Gasteiger partial charge in [0.15, 0.2) is 11.5 Å². The van der Waals surface area contributed by atoms with Gasteiger partial charge in [0.1, 0.15) is 5.52 Å². The minimum atomic E-state index is 0.134. The van der Waals surface area contributed by atoms with Gasteiger partial charge in [-0.3, -0.25) is 0 Å². The molecule has 0 saturated heterocycles. The van der Waals surface area contributed by atoms with Gasteiger partial charge in [0.05, 0.1) is 11.6 Å². The molecule has 0 bridgehead atoms. The fourth-order valence-electron chi connectivity index (χ4n) is 2.60. The lowest BCUT2D eigenvalue weighted by Crippen LogP contribution is -2.39. The van der Waals surface area contributed by atoms with E-state index in [0.29, 0.717) is 11.1 Å². The zero-order chi connectivity index (χ0) is 23.2. The Morgan fingerprint density at radius 3 is 2.10 bits per heavy atom. The molecule has 0 aliphatic rings. The van der Waals surface area contributed by atoms with Crippen molar-refractivity contribution in [2.75, 3.05) is 20.6 Å². The molecule has 1 N–H and O–H groups in total. The molecule has 31 heavy (non-hydrogen) atoms. The third kappa shape index (κ3) is 7.50. The summed E-state index contributed by atoms with van der Waals surface area (Å²) in [4.78, 5) is 6.94. The number of nitrogens with zero attached hydrogens (tertiary/aromatic N) is 3. The summed E-state index contributed by atoms with van der Waals surface area (Å²) in [5.41, 5.74) is 4.91. The van der Waals surface area contributed by atoms with Gasteiger partial charge >= 0.3 is 0 Å². The van der Waals surface area contributed by atoms with Crippen LogP contribution in [0.15, 0.2) is 46.9 Å². The van der Waals surface area contributed by atoms with Gasteiger partial charge in [-0.05, 0) is 91.0 Å². The second kappa shape index (κ2) is 10.1. The van der Waals surface area contributed by atoms with Crippen molar-refractivity contribution >= 4 is 11.1 Å². The summed E-state index contributed by atoms with van der Waals surface area (Å²) < 4.78 is 5.88. The van der Waals surface area contributed by atoms with Crippen molar-refractivity contribution in [1.82, 2.24) is 15.2 Å². The SMILES string of the molecule is CN(CCc1nc2cc(-c3ccc(C#N)cc3)ccc2o1)C(C)(C)C.CNC(C)(C)C. The maximum absolute atomic E-state index is 8.91. The van der Waals surface area contributed by atoms with Gasteiger partial charge < -0.3 is 14.6 Å². The van der Waals surface area contributed by atoms with E-state index in [2.05, 4.69) is 69.9 Å². The lowest BCUT2D eigenvalue weighted by Gasteiger charge is -2.31. The highest BCUT2D eigenvalue weighted by Gasteiger charge is 2.17. The topological polar surface area (TPSA) is 65.1 Å². The molecule has 3 rings (SSSR count). The molecule has 3 aromatic rings. The number of hydrogen-bond acceptors (Lipinski definition) is 5. The summed E-state index contributed by atoms with van der Waals surface area (Å²) >= 11 is 0. The highest BCUT2D eigenvalue weighted by Crippen LogP contribution is 2.25. The number of hydrogen-bond donors (Lipinski definition) is 1. The van der Waals surface area contributed by atoms with Crippen LogP contribution in [0, 0.1) is 11.3 Å². The minimum Gasteiger partial charge on any atom is -0.441 e. The lowest BCUT2D eigenvalue weighted by molar-refractivity contribution is 0.174. The van der Waals surface area contributed by atoms with E-state index in [9.17, 15) is 0 Å². The van der Waals surface area contributed by atoms with Crippen molar-refractivity contribution in [1.29, 1.82) is 5.26 Å². The smallest absolute Gasteiger partial charge is 0.196 e. The molecule has 1 heterocycles. The summed E-state index contributed by atoms with van der Waals surface area (Å²) in [6.07, 6.45) is 0.786. The van der Waals surface area contributed by atoms with Gasteiger partial charge in [-0.1, -0.05) is 18.2 Å². The van der Waals surface area contributed by atoms with Crippen LogP contribution < -0.4 is 5.32 Å². The first-order valence-electron chi connectivity index (χ1n) is 10.7. The summed E-state index contributed by atoms with van der Waals surface area (Å²) in [6, 6.07) is 15.7. The number of likely N-dealkylation sites (N-methyl/N-ethyl adjacent to an activating group) is 1. The molecule has 0 spiro atoms. The zero-order valence-electron chi connectivity index (χ0n) is 20.2. The molecule has 0 aliphatic carbocycles. The highest BCUT2D eigenvalue weighted by atomic mass is 16.3. The number of nitrogens with one attached hydrogen (secondary N) is 1. The van der Waals surface area contributed by atoms with E-state index in [0.717, 1.165) is 41.1 Å². The Morgan fingerprint density at radius 2 is 1.58 bits per heavy atom. The number of nitriles is 1. The fourth-order valence-corrected chi connectivity index (χ4v) is 2.60. The quantitative estimate of drug-likeness (QED) is 0.591. The predicted molar refractivity (Wildman–Crippen MR) is 129 cm³/mol. The second-order valence-corrected chi connectivity index (χ2v) is 9.82. The maximum Gasteiger partial charge on any atom is 0.196 e. The largest absolute Gasteiger partial charge is 0.441 e. The summed E-state index contributed by atoms with van der Waals surface area (Å²) in [7, 11) is 4.08. The normalized spacial score (nSPS) is 11.9. The van der Waals surface area contributed by atoms with E-state index in [1.807, 2.05) is 49.5 Å². The van der Waals surface area contributed by atoms with Gasteiger partial charge in [0.25, 0.3) is 0 Å². The summed E-state index contributed by atoms with van der Waals surface area (Å²) in [6.45, 7) is 13.9. The molecule has 5 nitrogen and oxygen atoms in total. The Bertz CT molecular complexity index is 1010. The van der Waals surface area contributed by atoms with Crippen molar-refractivity contribution < 1.29 is 4.42 Å². The average molecular weight is 421 g/mol. The van der Waals surface area contributed by atoms with Crippen LogP contribution in [0.1, 0.15) is 53.0 Å². The van der Waals surface area contributed by atoms with Crippen LogP contribution in [-0.4, -0.2) is 41.6 Å². The lowest BCUT2D eigenvalue weighted by atomic mass is 10.0. The first-order chi connectivity index (χ1) is 14.4. The number of fused-ring (bicyclic) bond motifs is 1. The number of benzene rings is 2. The molecule has 1 aromatic heterocycles. The Labute approximate surface area is 187 Å². The van der Waals surface area contributed by atoms with E-state index in [1.165, 1.54) is 0 Å². The molecular weight excluding hydrogens is 384 g/mol. The third-order valence-electron chi connectivity index (χ3n) is 5.34. The van der Waals surface area contributed by atoms with Crippen molar-refractivity contribution in [2.45, 2.75) is 59.0 Å². The van der Waals surface area contributed by atoms with E-state index in [-0.39, 0.29) is 5.54 Å². The zero-order valence-corrected chi connectivity index (χ0v) is 20.2. The first-order valence-corrected chi connectivity index (χ1v) is 10.7. The van der Waals surface area contributed by atoms with Crippen LogP contribution >= 0.6 is 0 Å². The van der Waals surface area contributed by atoms with Crippen LogP contribution in [0.25, 0.3) is 22.2 Å². The van der Waals surface area contributed by atoms with Gasteiger partial charge in [-0.25, -0.2) is 4.98 Å².